The van der Waals surface area contributed by atoms with E-state index < -0.39 is 0 Å². The number of ether oxygens (including phenoxy) is 1. The lowest BCUT2D eigenvalue weighted by molar-refractivity contribution is 0.0846. The van der Waals surface area contributed by atoms with E-state index in [0.717, 1.165) is 37.3 Å². The van der Waals surface area contributed by atoms with Crippen LogP contribution in [0.5, 0.6) is 0 Å². The highest BCUT2D eigenvalue weighted by Gasteiger charge is 2.17. The topological polar surface area (TPSA) is 22.1 Å². The highest BCUT2D eigenvalue weighted by atomic mass is 19.1. The minimum absolute atomic E-state index is 0.200. The molecule has 1 fully saturated rings. The summed E-state index contributed by atoms with van der Waals surface area (Å²) in [6, 6.07) is 8.82. The van der Waals surface area contributed by atoms with Gasteiger partial charge in [-0.15, -0.1) is 0 Å². The Hall–Kier alpha value is -1.48. The summed E-state index contributed by atoms with van der Waals surface area (Å²) in [5.41, 5.74) is 1.81. The number of halogens is 1. The van der Waals surface area contributed by atoms with Crippen molar-refractivity contribution in [2.75, 3.05) is 13.2 Å². The van der Waals surface area contributed by atoms with Crippen LogP contribution < -0.4 is 0 Å². The standard InChI is InChI=1S/C14H14FNO/c15-12-2-1-3-14-11(12)4-5-13(16-14)10-6-8-17-9-7-10/h1-5,10H,6-9H2. The minimum atomic E-state index is -0.200. The molecule has 2 heterocycles. The van der Waals surface area contributed by atoms with E-state index in [1.54, 1.807) is 6.07 Å². The molecule has 0 N–H and O–H groups in total. The first-order valence-corrected chi connectivity index (χ1v) is 5.97. The van der Waals surface area contributed by atoms with Crippen LogP contribution in [0.3, 0.4) is 0 Å². The zero-order chi connectivity index (χ0) is 11.7. The maximum absolute atomic E-state index is 13.5. The molecule has 0 bridgehead atoms. The van der Waals surface area contributed by atoms with Crippen molar-refractivity contribution in [2.24, 2.45) is 0 Å². The van der Waals surface area contributed by atoms with Crippen molar-refractivity contribution in [3.63, 3.8) is 0 Å². The number of nitrogens with zero attached hydrogens (tertiary/aromatic N) is 1. The van der Waals surface area contributed by atoms with Gasteiger partial charge in [-0.25, -0.2) is 4.39 Å². The molecule has 0 saturated carbocycles. The van der Waals surface area contributed by atoms with E-state index in [0.29, 0.717) is 11.3 Å². The van der Waals surface area contributed by atoms with E-state index in [1.165, 1.54) is 6.07 Å². The van der Waals surface area contributed by atoms with Crippen molar-refractivity contribution in [3.8, 4) is 0 Å². The van der Waals surface area contributed by atoms with Crippen LogP contribution in [0.4, 0.5) is 4.39 Å². The first-order chi connectivity index (χ1) is 8.34. The highest BCUT2D eigenvalue weighted by molar-refractivity contribution is 5.79. The van der Waals surface area contributed by atoms with E-state index in [1.807, 2.05) is 18.2 Å². The van der Waals surface area contributed by atoms with E-state index >= 15 is 0 Å². The average Bonchev–Trinajstić information content (AvgIpc) is 2.40. The monoisotopic (exact) mass is 231 g/mol. The Bertz CT molecular complexity index is 535. The van der Waals surface area contributed by atoms with Gasteiger partial charge >= 0.3 is 0 Å². The van der Waals surface area contributed by atoms with Gasteiger partial charge < -0.3 is 4.74 Å². The van der Waals surface area contributed by atoms with Crippen LogP contribution in [-0.2, 0) is 4.74 Å². The Labute approximate surface area is 99.4 Å². The van der Waals surface area contributed by atoms with Crippen molar-refractivity contribution in [1.82, 2.24) is 4.98 Å². The average molecular weight is 231 g/mol. The van der Waals surface area contributed by atoms with Gasteiger partial charge in [0.05, 0.1) is 5.52 Å². The fraction of sp³-hybridized carbons (Fsp3) is 0.357. The van der Waals surface area contributed by atoms with Crippen molar-refractivity contribution < 1.29 is 9.13 Å². The van der Waals surface area contributed by atoms with Crippen LogP contribution in [0.2, 0.25) is 0 Å². The van der Waals surface area contributed by atoms with E-state index in [9.17, 15) is 4.39 Å². The third kappa shape index (κ3) is 2.03. The second kappa shape index (κ2) is 4.41. The van der Waals surface area contributed by atoms with Crippen molar-refractivity contribution in [2.45, 2.75) is 18.8 Å². The van der Waals surface area contributed by atoms with Crippen molar-refractivity contribution >= 4 is 10.9 Å². The number of hydrogen-bond donors (Lipinski definition) is 0. The lowest BCUT2D eigenvalue weighted by Crippen LogP contribution is -2.15. The lowest BCUT2D eigenvalue weighted by Gasteiger charge is -2.21. The minimum Gasteiger partial charge on any atom is -0.381 e. The van der Waals surface area contributed by atoms with Gasteiger partial charge in [0.2, 0.25) is 0 Å². The Balaban J connectivity index is 2.01. The van der Waals surface area contributed by atoms with Gasteiger partial charge in [-0.05, 0) is 37.1 Å². The van der Waals surface area contributed by atoms with Gasteiger partial charge in [-0.3, -0.25) is 4.98 Å². The maximum atomic E-state index is 13.5. The van der Waals surface area contributed by atoms with Gasteiger partial charge in [0.15, 0.2) is 0 Å². The molecule has 2 nitrogen and oxygen atoms in total. The van der Waals surface area contributed by atoms with E-state index in [-0.39, 0.29) is 5.82 Å². The summed E-state index contributed by atoms with van der Waals surface area (Å²) in [5, 5.41) is 0.600. The molecular weight excluding hydrogens is 217 g/mol. The molecule has 0 radical (unpaired) electrons. The number of rotatable bonds is 1. The molecule has 1 aliphatic heterocycles. The van der Waals surface area contributed by atoms with Gasteiger partial charge in [0.25, 0.3) is 0 Å². The number of aromatic nitrogens is 1. The molecule has 0 unspecified atom stereocenters. The van der Waals surface area contributed by atoms with Gasteiger partial charge in [-0.1, -0.05) is 6.07 Å². The quantitative estimate of drug-likeness (QED) is 0.751. The molecule has 0 amide bonds. The van der Waals surface area contributed by atoms with Gasteiger partial charge in [-0.2, -0.15) is 0 Å². The first kappa shape index (κ1) is 10.7. The Kier molecular flexibility index (Phi) is 2.77. The molecular formula is C14H14FNO. The van der Waals surface area contributed by atoms with E-state index in [4.69, 9.17) is 4.74 Å². The van der Waals surface area contributed by atoms with E-state index in [2.05, 4.69) is 4.98 Å². The van der Waals surface area contributed by atoms with Crippen LogP contribution in [0.15, 0.2) is 30.3 Å². The molecule has 0 atom stereocenters. The number of fused-ring (bicyclic) bond motifs is 1. The Morgan fingerprint density at radius 3 is 2.76 bits per heavy atom. The summed E-state index contributed by atoms with van der Waals surface area (Å²) in [6.45, 7) is 1.60. The molecule has 0 aliphatic carbocycles. The normalized spacial score (nSPS) is 17.5. The number of pyridine rings is 1. The fourth-order valence-corrected chi connectivity index (χ4v) is 2.35. The van der Waals surface area contributed by atoms with Crippen molar-refractivity contribution in [1.29, 1.82) is 0 Å². The van der Waals surface area contributed by atoms with Gasteiger partial charge in [0, 0.05) is 30.2 Å². The molecule has 2 aromatic rings. The first-order valence-electron chi connectivity index (χ1n) is 5.97. The molecule has 3 rings (SSSR count). The Morgan fingerprint density at radius 2 is 1.94 bits per heavy atom. The number of benzene rings is 1. The second-order valence-electron chi connectivity index (χ2n) is 4.43. The Morgan fingerprint density at radius 1 is 1.12 bits per heavy atom. The number of hydrogen-bond acceptors (Lipinski definition) is 2. The fourth-order valence-electron chi connectivity index (χ4n) is 2.35. The zero-order valence-corrected chi connectivity index (χ0v) is 9.53. The summed E-state index contributed by atoms with van der Waals surface area (Å²) in [5.74, 6) is 0.255. The van der Waals surface area contributed by atoms with Crippen LogP contribution >= 0.6 is 0 Å². The summed E-state index contributed by atoms with van der Waals surface area (Å²) >= 11 is 0. The molecule has 88 valence electrons. The summed E-state index contributed by atoms with van der Waals surface area (Å²) in [4.78, 5) is 4.56. The van der Waals surface area contributed by atoms with Crippen molar-refractivity contribution in [3.05, 3.63) is 41.8 Å². The van der Waals surface area contributed by atoms with Crippen LogP contribution in [0.1, 0.15) is 24.5 Å². The largest absolute Gasteiger partial charge is 0.381 e. The van der Waals surface area contributed by atoms with Crippen LogP contribution in [-0.4, -0.2) is 18.2 Å². The van der Waals surface area contributed by atoms with Crippen LogP contribution in [0.25, 0.3) is 10.9 Å². The summed E-state index contributed by atoms with van der Waals surface area (Å²) < 4.78 is 18.8. The molecule has 1 aromatic carbocycles. The second-order valence-corrected chi connectivity index (χ2v) is 4.43. The SMILES string of the molecule is Fc1cccc2nc(C3CCOCC3)ccc12. The maximum Gasteiger partial charge on any atom is 0.132 e. The molecule has 3 heteroatoms. The molecule has 1 saturated heterocycles. The zero-order valence-electron chi connectivity index (χ0n) is 9.53. The van der Waals surface area contributed by atoms with Gasteiger partial charge in [0.1, 0.15) is 5.82 Å². The lowest BCUT2D eigenvalue weighted by atomic mass is 9.95. The summed E-state index contributed by atoms with van der Waals surface area (Å²) in [7, 11) is 0. The molecule has 1 aromatic heterocycles. The smallest absolute Gasteiger partial charge is 0.132 e. The predicted octanol–water partition coefficient (Wildman–Crippen LogP) is 3.27. The third-order valence-electron chi connectivity index (χ3n) is 3.34. The predicted molar refractivity (Wildman–Crippen MR) is 64.5 cm³/mol. The highest BCUT2D eigenvalue weighted by Crippen LogP contribution is 2.27. The molecule has 17 heavy (non-hydrogen) atoms. The molecule has 0 spiro atoms. The summed E-state index contributed by atoms with van der Waals surface area (Å²) in [6.07, 6.45) is 2.02. The molecule has 1 aliphatic rings. The van der Waals surface area contributed by atoms with Crippen LogP contribution in [0, 0.1) is 5.82 Å². The third-order valence-corrected chi connectivity index (χ3v) is 3.34.